The molecule has 0 saturated heterocycles. The van der Waals surface area contributed by atoms with Crippen LogP contribution in [0, 0.1) is 5.92 Å². The first-order valence-electron chi connectivity index (χ1n) is 10.2. The molecule has 1 heterocycles. The van der Waals surface area contributed by atoms with Crippen LogP contribution in [0.25, 0.3) is 0 Å². The van der Waals surface area contributed by atoms with Gasteiger partial charge in [-0.25, -0.2) is 9.79 Å². The van der Waals surface area contributed by atoms with Crippen molar-refractivity contribution in [2.75, 3.05) is 33.0 Å². The number of nitrogens with one attached hydrogen (secondary N) is 1. The van der Waals surface area contributed by atoms with Crippen molar-refractivity contribution < 1.29 is 40.5 Å². The van der Waals surface area contributed by atoms with Crippen molar-refractivity contribution in [1.29, 1.82) is 0 Å². The first kappa shape index (κ1) is 29.6. The average molecular weight is 467 g/mol. The van der Waals surface area contributed by atoms with Crippen molar-refractivity contribution in [2.24, 2.45) is 22.4 Å². The zero-order valence-corrected chi connectivity index (χ0v) is 17.9. The number of carboxylic acid groups (broad SMARTS) is 1. The molecule has 0 aromatic rings. The molecule has 32 heavy (non-hydrogen) atoms. The normalized spacial score (nSPS) is 21.9. The Kier molecular flexibility index (Phi) is 14.2. The summed E-state index contributed by atoms with van der Waals surface area (Å²) in [7, 11) is 0. The molecule has 0 spiro atoms. The summed E-state index contributed by atoms with van der Waals surface area (Å²) in [5, 5.41) is 31.6. The third-order valence-electron chi connectivity index (χ3n) is 4.66. The molecule has 188 valence electrons. The number of carboxylic acids is 1. The lowest BCUT2D eigenvalue weighted by Gasteiger charge is -2.38. The third kappa shape index (κ3) is 9.81. The summed E-state index contributed by atoms with van der Waals surface area (Å²) >= 11 is 0. The quantitative estimate of drug-likeness (QED) is 0.107. The van der Waals surface area contributed by atoms with Gasteiger partial charge in [0.2, 0.25) is 11.7 Å². The first-order valence-corrected chi connectivity index (χ1v) is 10.2. The number of carbonyl (C=O) groups excluding carboxylic acids is 1. The van der Waals surface area contributed by atoms with E-state index in [0.29, 0.717) is 13.2 Å². The number of aliphatic carboxylic acids is 1. The molecule has 0 unspecified atom stereocenters. The summed E-state index contributed by atoms with van der Waals surface area (Å²) in [6.45, 7) is 3.83. The van der Waals surface area contributed by atoms with Gasteiger partial charge in [-0.3, -0.25) is 4.79 Å². The number of hydrogen-bond donors (Lipinski definition) is 6. The molecule has 1 rings (SSSR count). The van der Waals surface area contributed by atoms with Crippen molar-refractivity contribution >= 4 is 17.8 Å². The molecule has 1 amide bonds. The third-order valence-corrected chi connectivity index (χ3v) is 4.66. The average Bonchev–Trinajstić information content (AvgIpc) is 2.72. The summed E-state index contributed by atoms with van der Waals surface area (Å²) in [5.41, 5.74) is 10.8. The summed E-state index contributed by atoms with van der Waals surface area (Å²) in [6, 6.07) is -0.763. The molecule has 0 saturated carbocycles. The standard InChI is InChI=1S/C19H34N4O8.CH4.H2/c1-3-4-6-29-7-5-22-15(26)10-30-17(13(25)9-24)16-11(2)12(23-19(20)21)8-14(31-16)18(27)28;;/h8,11-13,16-17,24-25H,3-7,9-10H2,1-2H3,(H,22,26)(H,27,28)(H4,20,21,23);1H4;1H/t11-,12+,13-,16-,17-;;/m1../s1/i;;1+2. The lowest BCUT2D eigenvalue weighted by molar-refractivity contribution is -0.160. The Balaban J connectivity index is 0. The number of aliphatic hydroxyl groups is 2. The lowest BCUT2D eigenvalue weighted by atomic mass is 9.87. The van der Waals surface area contributed by atoms with Crippen LogP contribution in [-0.4, -0.2) is 90.5 Å². The second kappa shape index (κ2) is 15.4. The van der Waals surface area contributed by atoms with Crippen LogP contribution >= 0.6 is 0 Å². The van der Waals surface area contributed by atoms with E-state index < -0.39 is 61.1 Å². The highest BCUT2D eigenvalue weighted by molar-refractivity contribution is 5.85. The fourth-order valence-electron chi connectivity index (χ4n) is 2.97. The summed E-state index contributed by atoms with van der Waals surface area (Å²) in [4.78, 5) is 27.5. The van der Waals surface area contributed by atoms with Gasteiger partial charge in [-0.05, 0) is 12.5 Å². The number of amides is 1. The monoisotopic (exact) mass is 466 g/mol. The number of nitrogens with zero attached hydrogens (tertiary/aromatic N) is 1. The van der Waals surface area contributed by atoms with Crippen LogP contribution in [0.2, 0.25) is 0 Å². The minimum atomic E-state index is -1.44. The number of aliphatic hydroxyl groups excluding tert-OH is 2. The van der Waals surface area contributed by atoms with Gasteiger partial charge in [-0.1, -0.05) is 27.7 Å². The number of guanidine groups is 1. The molecule has 12 nitrogen and oxygen atoms in total. The van der Waals surface area contributed by atoms with Gasteiger partial charge in [0.15, 0.2) is 5.96 Å². The molecular weight excluding hydrogens is 424 g/mol. The molecule has 5 atom stereocenters. The van der Waals surface area contributed by atoms with E-state index in [1.165, 1.54) is 6.08 Å². The van der Waals surface area contributed by atoms with Gasteiger partial charge >= 0.3 is 5.97 Å². The molecule has 1 aliphatic heterocycles. The van der Waals surface area contributed by atoms with Gasteiger partial charge in [-0.2, -0.15) is 0 Å². The van der Waals surface area contributed by atoms with Crippen LogP contribution < -0.4 is 16.8 Å². The highest BCUT2D eigenvalue weighted by Gasteiger charge is 2.42. The largest absolute Gasteiger partial charge is 0.480 e. The SMILES string of the molecule is C.CCCCOCCNC(=O)CO[C@@H]([C@@H]1OC(C(=O)O)=C[C@H](N=C(N)N)[C@H]1C)[C@H](O)CO.[3HH]. The first-order chi connectivity index (χ1) is 14.7. The van der Waals surface area contributed by atoms with Gasteiger partial charge in [0.1, 0.15) is 24.9 Å². The van der Waals surface area contributed by atoms with E-state index in [-0.39, 0.29) is 21.4 Å². The molecule has 12 heteroatoms. The fraction of sp³-hybridized carbons (Fsp3) is 0.750. The minimum Gasteiger partial charge on any atom is -0.480 e. The van der Waals surface area contributed by atoms with E-state index in [1.807, 2.05) is 6.92 Å². The number of unbranched alkanes of at least 4 members (excludes halogenated alkanes) is 1. The number of carbonyl (C=O) groups is 2. The van der Waals surface area contributed by atoms with Crippen molar-refractivity contribution in [3.63, 3.8) is 0 Å². The van der Waals surface area contributed by atoms with E-state index in [0.717, 1.165) is 12.8 Å². The van der Waals surface area contributed by atoms with Crippen molar-refractivity contribution in [3.05, 3.63) is 11.8 Å². The Labute approximate surface area is 190 Å². The molecule has 0 aromatic carbocycles. The van der Waals surface area contributed by atoms with Crippen LogP contribution in [0.3, 0.4) is 0 Å². The highest BCUT2D eigenvalue weighted by atomic mass is 16.6. The van der Waals surface area contributed by atoms with Gasteiger partial charge in [0.25, 0.3) is 0 Å². The van der Waals surface area contributed by atoms with Crippen molar-refractivity contribution in [2.45, 2.75) is 58.5 Å². The predicted molar refractivity (Wildman–Crippen MR) is 120 cm³/mol. The zero-order chi connectivity index (χ0) is 23.4. The van der Waals surface area contributed by atoms with Gasteiger partial charge in [-0.15, -0.1) is 0 Å². The van der Waals surface area contributed by atoms with E-state index in [4.69, 9.17) is 25.7 Å². The molecule has 0 aromatic heterocycles. The van der Waals surface area contributed by atoms with Crippen LogP contribution in [0.4, 0.5) is 0 Å². The summed E-state index contributed by atoms with van der Waals surface area (Å²) < 4.78 is 16.4. The molecule has 0 aliphatic carbocycles. The van der Waals surface area contributed by atoms with Crippen LogP contribution in [0.5, 0.6) is 0 Å². The Morgan fingerprint density at radius 2 is 2.06 bits per heavy atom. The van der Waals surface area contributed by atoms with Gasteiger partial charge < -0.3 is 46.3 Å². The van der Waals surface area contributed by atoms with Gasteiger partial charge in [0, 0.05) is 20.5 Å². The predicted octanol–water partition coefficient (Wildman–Crippen LogP) is -0.815. The summed E-state index contributed by atoms with van der Waals surface area (Å²) in [5.74, 6) is -3.03. The Hall–Kier alpha value is -2.41. The zero-order valence-electron chi connectivity index (χ0n) is 17.9. The second-order valence-corrected chi connectivity index (χ2v) is 7.16. The summed E-state index contributed by atoms with van der Waals surface area (Å²) in [6.07, 6.45) is -0.505. The number of aliphatic imine (C=N–C) groups is 1. The fourth-order valence-corrected chi connectivity index (χ4v) is 2.97. The van der Waals surface area contributed by atoms with E-state index in [2.05, 4.69) is 10.3 Å². The Morgan fingerprint density at radius 1 is 1.38 bits per heavy atom. The molecular formula is C20H40N4O8. The molecule has 0 radical (unpaired) electrons. The maximum atomic E-state index is 12.1. The molecule has 8 N–H and O–H groups in total. The smallest absolute Gasteiger partial charge is 0.370 e. The number of nitrogens with two attached hydrogens (primary N) is 2. The highest BCUT2D eigenvalue weighted by Crippen LogP contribution is 2.30. The van der Waals surface area contributed by atoms with E-state index in [1.54, 1.807) is 6.92 Å². The molecule has 1 aliphatic rings. The molecule has 0 bridgehead atoms. The van der Waals surface area contributed by atoms with Crippen LogP contribution in [0.1, 0.15) is 35.5 Å². The maximum Gasteiger partial charge on any atom is 0.370 e. The van der Waals surface area contributed by atoms with E-state index >= 15 is 0 Å². The minimum absolute atomic E-state index is 0. The topological polar surface area (TPSA) is 199 Å². The second-order valence-electron chi connectivity index (χ2n) is 7.16. The van der Waals surface area contributed by atoms with Crippen LogP contribution in [0.15, 0.2) is 16.8 Å². The number of ether oxygens (including phenoxy) is 3. The maximum absolute atomic E-state index is 12.1. The number of hydrogen-bond acceptors (Lipinski definition) is 8. The van der Waals surface area contributed by atoms with Crippen molar-refractivity contribution in [1.82, 2.24) is 5.32 Å². The Morgan fingerprint density at radius 3 is 2.62 bits per heavy atom. The van der Waals surface area contributed by atoms with Crippen molar-refractivity contribution in [3.8, 4) is 0 Å². The van der Waals surface area contributed by atoms with Crippen LogP contribution in [-0.2, 0) is 23.8 Å². The Bertz CT molecular complexity index is 646. The molecule has 0 fully saturated rings. The number of rotatable bonds is 14. The van der Waals surface area contributed by atoms with Gasteiger partial charge in [0.05, 0.1) is 19.3 Å². The van der Waals surface area contributed by atoms with E-state index in [9.17, 15) is 24.9 Å². The lowest BCUT2D eigenvalue weighted by Crippen LogP contribution is -2.51.